The molecular formula is C19H26N2O2S. The Morgan fingerprint density at radius 2 is 1.88 bits per heavy atom. The summed E-state index contributed by atoms with van der Waals surface area (Å²) < 4.78 is 0.813. The van der Waals surface area contributed by atoms with Crippen molar-refractivity contribution in [2.75, 3.05) is 12.3 Å². The van der Waals surface area contributed by atoms with Crippen LogP contribution in [0, 0.1) is 28.4 Å². The van der Waals surface area contributed by atoms with E-state index in [0.717, 1.165) is 35.4 Å². The van der Waals surface area contributed by atoms with E-state index in [1.165, 1.54) is 56.5 Å². The van der Waals surface area contributed by atoms with Crippen molar-refractivity contribution >= 4 is 17.7 Å². The highest BCUT2D eigenvalue weighted by Gasteiger charge is 2.50. The number of thioether (sulfide) groups is 1. The molecule has 1 aromatic heterocycles. The van der Waals surface area contributed by atoms with Gasteiger partial charge < -0.3 is 10.5 Å². The first-order valence-electron chi connectivity index (χ1n) is 9.20. The highest BCUT2D eigenvalue weighted by molar-refractivity contribution is 7.99. The van der Waals surface area contributed by atoms with E-state index < -0.39 is 0 Å². The van der Waals surface area contributed by atoms with Crippen molar-refractivity contribution in [1.82, 2.24) is 5.32 Å². The Bertz CT molecular complexity index is 584. The van der Waals surface area contributed by atoms with Crippen LogP contribution in [0.4, 0.5) is 0 Å². The Morgan fingerprint density at radius 1 is 1.21 bits per heavy atom. The van der Waals surface area contributed by atoms with E-state index in [1.807, 2.05) is 6.07 Å². The fourth-order valence-electron chi connectivity index (χ4n) is 5.78. The van der Waals surface area contributed by atoms with Gasteiger partial charge in [-0.2, -0.15) is 4.73 Å². The number of amides is 1. The van der Waals surface area contributed by atoms with Gasteiger partial charge in [-0.25, -0.2) is 0 Å². The minimum Gasteiger partial charge on any atom is -0.618 e. The molecular weight excluding hydrogens is 320 g/mol. The van der Waals surface area contributed by atoms with Gasteiger partial charge in [0.2, 0.25) is 5.91 Å². The van der Waals surface area contributed by atoms with Crippen LogP contribution in [0.15, 0.2) is 29.4 Å². The molecule has 0 aliphatic heterocycles. The average Bonchev–Trinajstić information content (AvgIpc) is 2.52. The van der Waals surface area contributed by atoms with Crippen LogP contribution in [-0.2, 0) is 4.79 Å². The maximum absolute atomic E-state index is 12.1. The number of nitrogens with one attached hydrogen (secondary N) is 1. The fraction of sp³-hybridized carbons (Fsp3) is 0.684. The van der Waals surface area contributed by atoms with Gasteiger partial charge in [0.05, 0.1) is 5.75 Å². The molecule has 1 aromatic rings. The molecule has 130 valence electrons. The highest BCUT2D eigenvalue weighted by atomic mass is 32.2. The minimum absolute atomic E-state index is 0.0357. The summed E-state index contributed by atoms with van der Waals surface area (Å²) in [6.45, 7) is 0.789. The summed E-state index contributed by atoms with van der Waals surface area (Å²) in [5.41, 5.74) is 0.520. The number of aromatic nitrogens is 1. The molecule has 1 heterocycles. The van der Waals surface area contributed by atoms with Gasteiger partial charge in [-0.15, -0.1) is 0 Å². The molecule has 24 heavy (non-hydrogen) atoms. The van der Waals surface area contributed by atoms with Gasteiger partial charge in [0.25, 0.3) is 5.03 Å². The zero-order valence-electron chi connectivity index (χ0n) is 14.1. The SMILES string of the molecule is O=C(CSc1cccc[n+]1[O-])NCCC12CC3CC(CC(C3)C1)C2. The third-order valence-electron chi connectivity index (χ3n) is 6.28. The molecule has 0 aromatic carbocycles. The first kappa shape index (κ1) is 16.2. The number of carbonyl (C=O) groups excluding carboxylic acids is 1. The lowest BCUT2D eigenvalue weighted by Gasteiger charge is -2.57. The standard InChI is InChI=1S/C19H26N2O2S/c22-17(13-24-18-3-1-2-6-21(18)23)20-5-4-19-10-14-7-15(11-19)9-16(8-14)12-19/h1-3,6,14-16H,4-5,7-13H2,(H,20,22). The Kier molecular flexibility index (Phi) is 4.46. The second-order valence-electron chi connectivity index (χ2n) is 8.17. The molecule has 1 N–H and O–H groups in total. The predicted octanol–water partition coefficient (Wildman–Crippen LogP) is 3.13. The van der Waals surface area contributed by atoms with Crippen LogP contribution in [0.2, 0.25) is 0 Å². The Morgan fingerprint density at radius 3 is 2.50 bits per heavy atom. The van der Waals surface area contributed by atoms with E-state index in [2.05, 4.69) is 5.32 Å². The van der Waals surface area contributed by atoms with Gasteiger partial charge in [0.1, 0.15) is 0 Å². The number of carbonyl (C=O) groups is 1. The molecule has 4 aliphatic carbocycles. The molecule has 0 spiro atoms. The van der Waals surface area contributed by atoms with Crippen molar-refractivity contribution < 1.29 is 9.52 Å². The molecule has 4 aliphatic rings. The van der Waals surface area contributed by atoms with Crippen molar-refractivity contribution in [3.63, 3.8) is 0 Å². The third kappa shape index (κ3) is 3.41. The zero-order valence-corrected chi connectivity index (χ0v) is 14.9. The lowest BCUT2D eigenvalue weighted by Crippen LogP contribution is -2.47. The van der Waals surface area contributed by atoms with Crippen LogP contribution in [0.25, 0.3) is 0 Å². The second-order valence-corrected chi connectivity index (χ2v) is 9.17. The van der Waals surface area contributed by atoms with Crippen molar-refractivity contribution in [3.05, 3.63) is 29.6 Å². The summed E-state index contributed by atoms with van der Waals surface area (Å²) in [5.74, 6) is 3.25. The molecule has 5 rings (SSSR count). The number of pyridine rings is 1. The lowest BCUT2D eigenvalue weighted by atomic mass is 9.49. The summed E-state index contributed by atoms with van der Waals surface area (Å²) >= 11 is 1.30. The first-order chi connectivity index (χ1) is 11.6. The van der Waals surface area contributed by atoms with E-state index in [1.54, 1.807) is 12.1 Å². The number of rotatable bonds is 6. The van der Waals surface area contributed by atoms with E-state index in [-0.39, 0.29) is 5.91 Å². The van der Waals surface area contributed by atoms with Crippen LogP contribution in [0.3, 0.4) is 0 Å². The summed E-state index contributed by atoms with van der Waals surface area (Å²) in [6, 6.07) is 5.27. The zero-order chi connectivity index (χ0) is 16.6. The van der Waals surface area contributed by atoms with E-state index in [0.29, 0.717) is 16.2 Å². The van der Waals surface area contributed by atoms with E-state index in [9.17, 15) is 10.0 Å². The Balaban J connectivity index is 1.23. The summed E-state index contributed by atoms with van der Waals surface area (Å²) in [6.07, 6.45) is 11.2. The molecule has 4 nitrogen and oxygen atoms in total. The largest absolute Gasteiger partial charge is 0.618 e. The first-order valence-corrected chi connectivity index (χ1v) is 10.2. The molecule has 1 amide bonds. The van der Waals surface area contributed by atoms with Gasteiger partial charge in [0, 0.05) is 18.7 Å². The Labute approximate surface area is 148 Å². The smallest absolute Gasteiger partial charge is 0.251 e. The molecule has 0 radical (unpaired) electrons. The highest BCUT2D eigenvalue weighted by Crippen LogP contribution is 2.61. The van der Waals surface area contributed by atoms with Crippen LogP contribution in [0.1, 0.15) is 44.9 Å². The van der Waals surface area contributed by atoms with Crippen LogP contribution < -0.4 is 10.0 Å². The summed E-state index contributed by atoms with van der Waals surface area (Å²) in [5, 5.41) is 15.2. The molecule has 4 fully saturated rings. The van der Waals surface area contributed by atoms with Gasteiger partial charge in [0.15, 0.2) is 6.20 Å². The summed E-state index contributed by atoms with van der Waals surface area (Å²) in [7, 11) is 0. The predicted molar refractivity (Wildman–Crippen MR) is 94.4 cm³/mol. The second kappa shape index (κ2) is 6.58. The maximum Gasteiger partial charge on any atom is 0.251 e. The van der Waals surface area contributed by atoms with Gasteiger partial charge >= 0.3 is 0 Å². The molecule has 0 atom stereocenters. The lowest BCUT2D eigenvalue weighted by molar-refractivity contribution is -0.645. The minimum atomic E-state index is 0.0357. The Hall–Kier alpha value is -1.23. The third-order valence-corrected chi connectivity index (χ3v) is 7.30. The monoisotopic (exact) mass is 346 g/mol. The van der Waals surface area contributed by atoms with E-state index >= 15 is 0 Å². The van der Waals surface area contributed by atoms with Crippen molar-refractivity contribution in [3.8, 4) is 0 Å². The van der Waals surface area contributed by atoms with Gasteiger partial charge in [-0.3, -0.25) is 4.79 Å². The molecule has 4 bridgehead atoms. The number of hydrogen-bond acceptors (Lipinski definition) is 3. The number of nitrogens with zero attached hydrogens (tertiary/aromatic N) is 1. The molecule has 0 unspecified atom stereocenters. The topological polar surface area (TPSA) is 56.0 Å². The van der Waals surface area contributed by atoms with Crippen molar-refractivity contribution in [1.29, 1.82) is 0 Å². The summed E-state index contributed by atoms with van der Waals surface area (Å²) in [4.78, 5) is 12.1. The molecule has 4 saturated carbocycles. The van der Waals surface area contributed by atoms with Crippen LogP contribution in [-0.4, -0.2) is 18.2 Å². The van der Waals surface area contributed by atoms with Crippen molar-refractivity contribution in [2.45, 2.75) is 50.0 Å². The van der Waals surface area contributed by atoms with Crippen LogP contribution >= 0.6 is 11.8 Å². The van der Waals surface area contributed by atoms with Gasteiger partial charge in [-0.05, 0) is 85.9 Å². The van der Waals surface area contributed by atoms with Gasteiger partial charge in [-0.1, -0.05) is 0 Å². The maximum atomic E-state index is 12.1. The molecule has 0 saturated heterocycles. The normalized spacial score (nSPS) is 33.6. The van der Waals surface area contributed by atoms with E-state index in [4.69, 9.17) is 0 Å². The van der Waals surface area contributed by atoms with Crippen LogP contribution in [0.5, 0.6) is 0 Å². The number of hydrogen-bond donors (Lipinski definition) is 1. The van der Waals surface area contributed by atoms with Crippen molar-refractivity contribution in [2.24, 2.45) is 23.2 Å². The molecule has 5 heteroatoms. The quantitative estimate of drug-likeness (QED) is 0.489. The average molecular weight is 346 g/mol. The fourth-order valence-corrected chi connectivity index (χ4v) is 6.52.